The molecular weight excluding hydrogens is 255 g/mol. The molecule has 0 aromatic heterocycles. The summed E-state index contributed by atoms with van der Waals surface area (Å²) in [4.78, 5) is 1.74. The van der Waals surface area contributed by atoms with Crippen LogP contribution < -0.4 is 0 Å². The predicted octanol–water partition coefficient (Wildman–Crippen LogP) is 3.64. The van der Waals surface area contributed by atoms with Gasteiger partial charge in [0.1, 0.15) is 4.32 Å². The van der Waals surface area contributed by atoms with Crippen LogP contribution in [0, 0.1) is 0 Å². The van der Waals surface area contributed by atoms with Crippen molar-refractivity contribution >= 4 is 28.3 Å². The predicted molar refractivity (Wildman–Crippen MR) is 63.6 cm³/mol. The van der Waals surface area contributed by atoms with E-state index >= 15 is 0 Å². The Morgan fingerprint density at radius 2 is 1.81 bits per heavy atom. The van der Waals surface area contributed by atoms with Crippen molar-refractivity contribution in [1.82, 2.24) is 4.90 Å². The fourth-order valence-corrected chi connectivity index (χ4v) is 2.06. The summed E-state index contributed by atoms with van der Waals surface area (Å²) in [5.41, 5.74) is -0.649. The van der Waals surface area contributed by atoms with Crippen LogP contribution in [0.25, 0.3) is 0 Å². The van der Waals surface area contributed by atoms with Gasteiger partial charge in [-0.25, -0.2) is 0 Å². The van der Waals surface area contributed by atoms with Crippen molar-refractivity contribution in [3.63, 3.8) is 0 Å². The zero-order chi connectivity index (χ0) is 12.3. The van der Waals surface area contributed by atoms with E-state index in [0.717, 1.165) is 17.8 Å². The Bertz CT molecular complexity index is 388. The lowest BCUT2D eigenvalue weighted by atomic mass is 10.2. The molecule has 0 bridgehead atoms. The van der Waals surface area contributed by atoms with Gasteiger partial charge in [0.05, 0.1) is 5.56 Å². The number of alkyl halides is 3. The Balaban J connectivity index is 3.01. The van der Waals surface area contributed by atoms with Gasteiger partial charge in [0.25, 0.3) is 0 Å². The molecule has 1 aromatic carbocycles. The van der Waals surface area contributed by atoms with Crippen LogP contribution in [0.5, 0.6) is 0 Å². The topological polar surface area (TPSA) is 3.24 Å². The fraction of sp³-hybridized carbons (Fsp3) is 0.300. The minimum atomic E-state index is -4.34. The van der Waals surface area contributed by atoms with Crippen molar-refractivity contribution in [1.29, 1.82) is 0 Å². The van der Waals surface area contributed by atoms with E-state index in [9.17, 15) is 13.2 Å². The number of thiocarbonyl (C=S) groups is 1. The largest absolute Gasteiger partial charge is 0.417 e. The summed E-state index contributed by atoms with van der Waals surface area (Å²) in [7, 11) is 3.40. The Morgan fingerprint density at radius 3 is 2.31 bits per heavy atom. The maximum atomic E-state index is 12.6. The Hall–Kier alpha value is -0.750. The number of halogens is 3. The molecule has 0 spiro atoms. The van der Waals surface area contributed by atoms with E-state index in [0.29, 0.717) is 4.32 Å². The van der Waals surface area contributed by atoms with E-state index in [2.05, 4.69) is 0 Å². The summed E-state index contributed by atoms with van der Waals surface area (Å²) in [6.07, 6.45) is -4.34. The molecule has 88 valence electrons. The van der Waals surface area contributed by atoms with Gasteiger partial charge in [0.2, 0.25) is 0 Å². The standard InChI is InChI=1S/C10H10F3NS2/c1-14(2)9(15)16-8-6-4-3-5-7(8)10(11,12)13/h3-6H,1-2H3. The van der Waals surface area contributed by atoms with E-state index in [1.165, 1.54) is 12.1 Å². The van der Waals surface area contributed by atoms with Gasteiger partial charge in [-0.3, -0.25) is 0 Å². The average molecular weight is 265 g/mol. The van der Waals surface area contributed by atoms with Crippen LogP contribution in [-0.2, 0) is 6.18 Å². The molecule has 0 fully saturated rings. The first kappa shape index (κ1) is 13.3. The molecule has 0 radical (unpaired) electrons. The Labute approximate surface area is 102 Å². The highest BCUT2D eigenvalue weighted by Crippen LogP contribution is 2.37. The lowest BCUT2D eigenvalue weighted by Gasteiger charge is -2.16. The molecule has 0 heterocycles. The normalized spacial score (nSPS) is 11.3. The number of rotatable bonds is 1. The highest BCUT2D eigenvalue weighted by Gasteiger charge is 2.33. The van der Waals surface area contributed by atoms with Crippen LogP contribution in [0.4, 0.5) is 13.2 Å². The van der Waals surface area contributed by atoms with E-state index < -0.39 is 11.7 Å². The number of nitrogens with zero attached hydrogens (tertiary/aromatic N) is 1. The fourth-order valence-electron chi connectivity index (χ4n) is 0.975. The maximum Gasteiger partial charge on any atom is 0.417 e. The molecule has 0 aliphatic carbocycles. The van der Waals surface area contributed by atoms with Gasteiger partial charge in [0, 0.05) is 19.0 Å². The van der Waals surface area contributed by atoms with Crippen LogP contribution in [0.2, 0.25) is 0 Å². The van der Waals surface area contributed by atoms with Crippen molar-refractivity contribution < 1.29 is 13.2 Å². The summed E-state index contributed by atoms with van der Waals surface area (Å²) < 4.78 is 38.3. The van der Waals surface area contributed by atoms with Crippen molar-refractivity contribution in [2.24, 2.45) is 0 Å². The monoisotopic (exact) mass is 265 g/mol. The van der Waals surface area contributed by atoms with E-state index in [1.54, 1.807) is 25.1 Å². The zero-order valence-electron chi connectivity index (χ0n) is 8.71. The second-order valence-electron chi connectivity index (χ2n) is 3.26. The van der Waals surface area contributed by atoms with Crippen molar-refractivity contribution in [3.05, 3.63) is 29.8 Å². The second kappa shape index (κ2) is 5.05. The third-order valence-electron chi connectivity index (χ3n) is 1.75. The smallest absolute Gasteiger partial charge is 0.363 e. The number of hydrogen-bond donors (Lipinski definition) is 0. The van der Waals surface area contributed by atoms with Crippen molar-refractivity contribution in [3.8, 4) is 0 Å². The molecule has 0 amide bonds. The summed E-state index contributed by atoms with van der Waals surface area (Å²) in [6.45, 7) is 0. The van der Waals surface area contributed by atoms with Gasteiger partial charge in [-0.05, 0) is 12.1 Å². The molecule has 0 aliphatic rings. The molecule has 0 aliphatic heterocycles. The molecule has 1 aromatic rings. The molecule has 0 saturated carbocycles. The number of benzene rings is 1. The minimum Gasteiger partial charge on any atom is -0.363 e. The molecule has 0 saturated heterocycles. The van der Waals surface area contributed by atoms with Crippen LogP contribution in [-0.4, -0.2) is 23.3 Å². The van der Waals surface area contributed by atoms with Crippen LogP contribution in [0.1, 0.15) is 5.56 Å². The van der Waals surface area contributed by atoms with E-state index in [4.69, 9.17) is 12.2 Å². The van der Waals surface area contributed by atoms with Gasteiger partial charge in [-0.1, -0.05) is 36.1 Å². The van der Waals surface area contributed by atoms with Crippen LogP contribution in [0.15, 0.2) is 29.2 Å². The average Bonchev–Trinajstić information content (AvgIpc) is 2.16. The van der Waals surface area contributed by atoms with Crippen molar-refractivity contribution in [2.75, 3.05) is 14.1 Å². The van der Waals surface area contributed by atoms with Gasteiger partial charge >= 0.3 is 6.18 Å². The Kier molecular flexibility index (Phi) is 4.21. The quantitative estimate of drug-likeness (QED) is 0.564. The van der Waals surface area contributed by atoms with Gasteiger partial charge in [-0.15, -0.1) is 0 Å². The van der Waals surface area contributed by atoms with Gasteiger partial charge in [-0.2, -0.15) is 13.2 Å². The lowest BCUT2D eigenvalue weighted by Crippen LogP contribution is -2.16. The molecule has 0 unspecified atom stereocenters. The van der Waals surface area contributed by atoms with Crippen LogP contribution in [0.3, 0.4) is 0 Å². The van der Waals surface area contributed by atoms with Gasteiger partial charge < -0.3 is 4.90 Å². The summed E-state index contributed by atoms with van der Waals surface area (Å²) in [5, 5.41) is 0. The second-order valence-corrected chi connectivity index (χ2v) is 4.93. The first-order valence-corrected chi connectivity index (χ1v) is 5.60. The SMILES string of the molecule is CN(C)C(=S)Sc1ccccc1C(F)(F)F. The van der Waals surface area contributed by atoms with Crippen LogP contribution >= 0.6 is 24.0 Å². The zero-order valence-corrected chi connectivity index (χ0v) is 10.3. The maximum absolute atomic E-state index is 12.6. The third kappa shape index (κ3) is 3.38. The minimum absolute atomic E-state index is 0.133. The molecule has 16 heavy (non-hydrogen) atoms. The van der Waals surface area contributed by atoms with Gasteiger partial charge in [0.15, 0.2) is 0 Å². The Morgan fingerprint density at radius 1 is 1.25 bits per heavy atom. The summed E-state index contributed by atoms with van der Waals surface area (Å²) in [6, 6.07) is 5.41. The summed E-state index contributed by atoms with van der Waals surface area (Å²) in [5.74, 6) is 0. The molecule has 0 N–H and O–H groups in total. The van der Waals surface area contributed by atoms with E-state index in [-0.39, 0.29) is 4.90 Å². The molecule has 1 nitrogen and oxygen atoms in total. The first-order chi connectivity index (χ1) is 7.32. The summed E-state index contributed by atoms with van der Waals surface area (Å²) >= 11 is 5.91. The molecule has 6 heteroatoms. The van der Waals surface area contributed by atoms with E-state index in [1.807, 2.05) is 0 Å². The number of hydrogen-bond acceptors (Lipinski definition) is 2. The molecule has 1 rings (SSSR count). The number of thioether (sulfide) groups is 1. The molecule has 0 atom stereocenters. The highest BCUT2D eigenvalue weighted by atomic mass is 32.2. The highest BCUT2D eigenvalue weighted by molar-refractivity contribution is 8.23. The first-order valence-electron chi connectivity index (χ1n) is 4.37. The van der Waals surface area contributed by atoms with Crippen molar-refractivity contribution in [2.45, 2.75) is 11.1 Å². The molecular formula is C10H10F3NS2. The lowest BCUT2D eigenvalue weighted by molar-refractivity contribution is -0.139. The third-order valence-corrected chi connectivity index (χ3v) is 3.49.